The Morgan fingerprint density at radius 3 is 2.43 bits per heavy atom. The molecule has 4 heteroatoms. The monoisotopic (exact) mass is 285 g/mol. The van der Waals surface area contributed by atoms with E-state index in [-0.39, 0.29) is 6.61 Å². The summed E-state index contributed by atoms with van der Waals surface area (Å²) in [4.78, 5) is 12.6. The van der Waals surface area contributed by atoms with Crippen molar-refractivity contribution >= 4 is 5.97 Å². The van der Waals surface area contributed by atoms with E-state index < -0.39 is 5.97 Å². The molecule has 4 nitrogen and oxygen atoms in total. The van der Waals surface area contributed by atoms with Crippen molar-refractivity contribution in [2.75, 3.05) is 20.7 Å². The van der Waals surface area contributed by atoms with Gasteiger partial charge in [-0.2, -0.15) is 0 Å². The maximum atomic E-state index is 10.5. The Balaban J connectivity index is 2.14. The molecule has 0 radical (unpaired) electrons. The molecule has 0 saturated carbocycles. The molecule has 0 atom stereocenters. The largest absolute Gasteiger partial charge is 0.482 e. The average molecular weight is 285 g/mol. The van der Waals surface area contributed by atoms with E-state index in [4.69, 9.17) is 9.84 Å². The number of aliphatic carboxylic acids is 1. The van der Waals surface area contributed by atoms with Gasteiger partial charge >= 0.3 is 5.97 Å². The zero-order valence-corrected chi connectivity index (χ0v) is 12.2. The molecule has 0 saturated heterocycles. The third kappa shape index (κ3) is 4.61. The highest BCUT2D eigenvalue weighted by Crippen LogP contribution is 2.24. The van der Waals surface area contributed by atoms with Crippen LogP contribution < -0.4 is 4.74 Å². The number of carbonyl (C=O) groups is 1. The topological polar surface area (TPSA) is 49.8 Å². The third-order valence-electron chi connectivity index (χ3n) is 2.98. The molecule has 0 amide bonds. The lowest BCUT2D eigenvalue weighted by molar-refractivity contribution is -0.139. The second-order valence-corrected chi connectivity index (χ2v) is 5.14. The van der Waals surface area contributed by atoms with Gasteiger partial charge in [-0.05, 0) is 42.9 Å². The van der Waals surface area contributed by atoms with Gasteiger partial charge in [0.15, 0.2) is 6.61 Å². The lowest BCUT2D eigenvalue weighted by Crippen LogP contribution is -2.10. The van der Waals surface area contributed by atoms with Crippen LogP contribution in [-0.4, -0.2) is 36.7 Å². The zero-order chi connectivity index (χ0) is 15.2. The lowest BCUT2D eigenvalue weighted by Gasteiger charge is -2.10. The van der Waals surface area contributed by atoms with Gasteiger partial charge in [0, 0.05) is 6.54 Å². The molecule has 0 aliphatic rings. The minimum Gasteiger partial charge on any atom is -0.482 e. The Labute approximate surface area is 124 Å². The first-order valence-corrected chi connectivity index (χ1v) is 6.73. The Morgan fingerprint density at radius 1 is 1.10 bits per heavy atom. The molecular formula is C17H19NO3. The number of carboxylic acids is 1. The summed E-state index contributed by atoms with van der Waals surface area (Å²) < 4.78 is 5.20. The summed E-state index contributed by atoms with van der Waals surface area (Å²) >= 11 is 0. The molecule has 2 aromatic carbocycles. The number of carboxylic acid groups (broad SMARTS) is 1. The molecule has 0 aliphatic carbocycles. The van der Waals surface area contributed by atoms with Gasteiger partial charge in [-0.1, -0.05) is 36.4 Å². The lowest BCUT2D eigenvalue weighted by atomic mass is 10.0. The van der Waals surface area contributed by atoms with Gasteiger partial charge in [0.1, 0.15) is 5.75 Å². The molecule has 2 aromatic rings. The van der Waals surface area contributed by atoms with Gasteiger partial charge < -0.3 is 14.7 Å². The Morgan fingerprint density at radius 2 is 1.81 bits per heavy atom. The SMILES string of the molecule is CN(C)Cc1ccc(-c2cccc(OCC(=O)O)c2)cc1. The number of hydrogen-bond acceptors (Lipinski definition) is 3. The highest BCUT2D eigenvalue weighted by molar-refractivity contribution is 5.69. The zero-order valence-electron chi connectivity index (χ0n) is 12.2. The second-order valence-electron chi connectivity index (χ2n) is 5.14. The molecule has 0 spiro atoms. The van der Waals surface area contributed by atoms with Crippen LogP contribution in [0.1, 0.15) is 5.56 Å². The Bertz CT molecular complexity index is 606. The van der Waals surface area contributed by atoms with E-state index in [9.17, 15) is 4.79 Å². The fraction of sp³-hybridized carbons (Fsp3) is 0.235. The van der Waals surface area contributed by atoms with E-state index >= 15 is 0 Å². The maximum absolute atomic E-state index is 10.5. The molecule has 0 heterocycles. The van der Waals surface area contributed by atoms with Crippen LogP contribution >= 0.6 is 0 Å². The standard InChI is InChI=1S/C17H19NO3/c1-18(2)11-13-6-8-14(9-7-13)15-4-3-5-16(10-15)21-12-17(19)20/h3-10H,11-12H2,1-2H3,(H,19,20). The van der Waals surface area contributed by atoms with E-state index in [2.05, 4.69) is 29.2 Å². The van der Waals surface area contributed by atoms with Crippen LogP contribution in [0.2, 0.25) is 0 Å². The molecule has 0 unspecified atom stereocenters. The molecule has 0 aromatic heterocycles. The van der Waals surface area contributed by atoms with Gasteiger partial charge in [-0.15, -0.1) is 0 Å². The van der Waals surface area contributed by atoms with Crippen LogP contribution in [0.3, 0.4) is 0 Å². The number of ether oxygens (including phenoxy) is 1. The molecule has 0 fully saturated rings. The molecule has 21 heavy (non-hydrogen) atoms. The van der Waals surface area contributed by atoms with E-state index in [1.54, 1.807) is 6.07 Å². The fourth-order valence-corrected chi connectivity index (χ4v) is 2.08. The van der Waals surface area contributed by atoms with Crippen LogP contribution in [0.25, 0.3) is 11.1 Å². The van der Waals surface area contributed by atoms with Crippen LogP contribution in [-0.2, 0) is 11.3 Å². The van der Waals surface area contributed by atoms with Crippen molar-refractivity contribution in [3.05, 3.63) is 54.1 Å². The van der Waals surface area contributed by atoms with Crippen LogP contribution in [0.5, 0.6) is 5.75 Å². The van der Waals surface area contributed by atoms with Crippen molar-refractivity contribution in [2.24, 2.45) is 0 Å². The van der Waals surface area contributed by atoms with Gasteiger partial charge in [-0.25, -0.2) is 4.79 Å². The maximum Gasteiger partial charge on any atom is 0.341 e. The van der Waals surface area contributed by atoms with Gasteiger partial charge in [-0.3, -0.25) is 0 Å². The fourth-order valence-electron chi connectivity index (χ4n) is 2.08. The number of benzene rings is 2. The molecule has 0 aliphatic heterocycles. The van der Waals surface area contributed by atoms with Crippen LogP contribution in [0, 0.1) is 0 Å². The van der Waals surface area contributed by atoms with E-state index in [0.29, 0.717) is 5.75 Å². The van der Waals surface area contributed by atoms with E-state index in [1.165, 1.54) is 5.56 Å². The molecule has 0 bridgehead atoms. The van der Waals surface area contributed by atoms with Crippen molar-refractivity contribution in [3.8, 4) is 16.9 Å². The summed E-state index contributed by atoms with van der Waals surface area (Å²) in [5.74, 6) is -0.416. The smallest absolute Gasteiger partial charge is 0.341 e. The predicted molar refractivity (Wildman–Crippen MR) is 82.4 cm³/mol. The summed E-state index contributed by atoms with van der Waals surface area (Å²) in [5.41, 5.74) is 3.34. The number of rotatable bonds is 6. The molecular weight excluding hydrogens is 266 g/mol. The average Bonchev–Trinajstić information content (AvgIpc) is 2.45. The highest BCUT2D eigenvalue weighted by atomic mass is 16.5. The Kier molecular flexibility index (Phi) is 4.95. The number of nitrogens with zero attached hydrogens (tertiary/aromatic N) is 1. The summed E-state index contributed by atoms with van der Waals surface area (Å²) in [5, 5.41) is 8.63. The molecule has 1 N–H and O–H groups in total. The third-order valence-corrected chi connectivity index (χ3v) is 2.98. The molecule has 2 rings (SSSR count). The Hall–Kier alpha value is -2.33. The quantitative estimate of drug-likeness (QED) is 0.886. The second kappa shape index (κ2) is 6.90. The minimum atomic E-state index is -0.978. The van der Waals surface area contributed by atoms with Crippen LogP contribution in [0.15, 0.2) is 48.5 Å². The van der Waals surface area contributed by atoms with E-state index in [1.807, 2.05) is 32.3 Å². The first kappa shape index (κ1) is 15.1. The van der Waals surface area contributed by atoms with Crippen molar-refractivity contribution in [2.45, 2.75) is 6.54 Å². The van der Waals surface area contributed by atoms with Crippen molar-refractivity contribution in [3.63, 3.8) is 0 Å². The number of hydrogen-bond donors (Lipinski definition) is 1. The van der Waals surface area contributed by atoms with E-state index in [0.717, 1.165) is 17.7 Å². The van der Waals surface area contributed by atoms with Crippen molar-refractivity contribution in [1.29, 1.82) is 0 Å². The van der Waals surface area contributed by atoms with Crippen molar-refractivity contribution in [1.82, 2.24) is 4.90 Å². The summed E-state index contributed by atoms with van der Waals surface area (Å²) in [6.45, 7) is 0.577. The van der Waals surface area contributed by atoms with Crippen molar-refractivity contribution < 1.29 is 14.6 Å². The van der Waals surface area contributed by atoms with Gasteiger partial charge in [0.25, 0.3) is 0 Å². The normalized spacial score (nSPS) is 10.6. The summed E-state index contributed by atoms with van der Waals surface area (Å²) in [7, 11) is 4.08. The molecule has 110 valence electrons. The summed E-state index contributed by atoms with van der Waals surface area (Å²) in [6, 6.07) is 15.8. The van der Waals surface area contributed by atoms with Crippen LogP contribution in [0.4, 0.5) is 0 Å². The minimum absolute atomic E-state index is 0.328. The summed E-state index contributed by atoms with van der Waals surface area (Å²) in [6.07, 6.45) is 0. The predicted octanol–water partition coefficient (Wildman–Crippen LogP) is 2.88. The highest BCUT2D eigenvalue weighted by Gasteiger charge is 2.03. The first-order valence-electron chi connectivity index (χ1n) is 6.73. The van der Waals surface area contributed by atoms with Gasteiger partial charge in [0.05, 0.1) is 0 Å². The first-order chi connectivity index (χ1) is 10.0. The van der Waals surface area contributed by atoms with Gasteiger partial charge in [0.2, 0.25) is 0 Å².